The molecule has 4 aliphatic carbocycles. The van der Waals surface area contributed by atoms with Crippen molar-refractivity contribution in [2.75, 3.05) is 36.1 Å². The predicted molar refractivity (Wildman–Crippen MR) is 187 cm³/mol. The van der Waals surface area contributed by atoms with Crippen LogP contribution in [0.4, 0.5) is 5.69 Å². The molecule has 0 amide bonds. The molecule has 0 radical (unpaired) electrons. The van der Waals surface area contributed by atoms with E-state index in [4.69, 9.17) is 21.1 Å². The molecular weight excluding hydrogens is 650 g/mol. The van der Waals surface area contributed by atoms with Crippen LogP contribution in [0, 0.1) is 17.8 Å². The van der Waals surface area contributed by atoms with Gasteiger partial charge in [0.15, 0.2) is 27.4 Å². The minimum absolute atomic E-state index is 0.0926. The molecule has 1 saturated heterocycles. The van der Waals surface area contributed by atoms with Crippen LogP contribution in [-0.4, -0.2) is 71.5 Å². The van der Waals surface area contributed by atoms with Gasteiger partial charge in [0, 0.05) is 24.2 Å². The van der Waals surface area contributed by atoms with Gasteiger partial charge in [-0.25, -0.2) is 17.7 Å². The summed E-state index contributed by atoms with van der Waals surface area (Å²) >= 11 is 7.06. The summed E-state index contributed by atoms with van der Waals surface area (Å²) in [5.41, 5.74) is 2.15. The van der Waals surface area contributed by atoms with Crippen LogP contribution in [0.25, 0.3) is 5.65 Å². The molecule has 2 aromatic heterocycles. The van der Waals surface area contributed by atoms with Crippen molar-refractivity contribution in [1.29, 1.82) is 0 Å². The first kappa shape index (κ1) is 33.7. The number of hydrogen-bond acceptors (Lipinski definition) is 8. The summed E-state index contributed by atoms with van der Waals surface area (Å²) < 4.78 is 37.9. The number of benzene rings is 1. The molecule has 8 rings (SSSR count). The molecule has 3 heterocycles. The lowest BCUT2D eigenvalue weighted by Crippen LogP contribution is -2.49. The first-order valence-electron chi connectivity index (χ1n) is 18.0. The van der Waals surface area contributed by atoms with E-state index in [0.29, 0.717) is 41.8 Å². The molecule has 4 saturated carbocycles. The first-order chi connectivity index (χ1) is 23.0. The largest absolute Gasteiger partial charge is 0.479 e. The maximum Gasteiger partial charge on any atom is 0.347 e. The first-order valence-corrected chi connectivity index (χ1v) is 20.2. The lowest BCUT2D eigenvalue weighted by Gasteiger charge is -2.56. The lowest BCUT2D eigenvalue weighted by molar-refractivity contribution is -0.154. The molecule has 1 aromatic carbocycles. The summed E-state index contributed by atoms with van der Waals surface area (Å²) in [7, 11) is -2.96. The van der Waals surface area contributed by atoms with Crippen LogP contribution < -0.4 is 9.64 Å². The smallest absolute Gasteiger partial charge is 0.347 e. The summed E-state index contributed by atoms with van der Waals surface area (Å²) in [5, 5.41) is 13.4. The average Bonchev–Trinajstić information content (AvgIpc) is 3.62. The summed E-state index contributed by atoms with van der Waals surface area (Å²) in [6.45, 7) is 7.24. The number of aromatic amines is 1. The number of aromatic nitrogens is 4. The van der Waals surface area contributed by atoms with Gasteiger partial charge in [-0.2, -0.15) is 0 Å². The third kappa shape index (κ3) is 6.70. The topological polar surface area (TPSA) is 119 Å². The molecule has 5 fully saturated rings. The Kier molecular flexibility index (Phi) is 9.24. The van der Waals surface area contributed by atoms with Crippen LogP contribution in [-0.2, 0) is 30.2 Å². The van der Waals surface area contributed by atoms with E-state index in [1.54, 1.807) is 0 Å². The number of anilines is 1. The highest BCUT2D eigenvalue weighted by molar-refractivity contribution is 7.91. The molecule has 1 unspecified atom stereocenters. The standard InChI is InChI=1S/C36H50ClN5O5S/c1-4-5-6-7-8-29(47-28-11-9-27(10-12-28)41-13-15-48(44,45)16-14-41)33(43)46-23-35(2,3)34-39-38-32-30(37)31(40-42(32)34)36-20-24-17-25(21-36)19-26(18-24)22-36/h9-12,24-26,29,40H,4-8,13-23H2,1-3H3. The van der Waals surface area contributed by atoms with Crippen molar-refractivity contribution in [3.8, 4) is 5.75 Å². The number of H-pyrrole nitrogens is 1. The number of esters is 1. The Bertz CT molecular complexity index is 1680. The zero-order valence-corrected chi connectivity index (χ0v) is 30.1. The lowest BCUT2D eigenvalue weighted by atomic mass is 9.49. The second kappa shape index (κ2) is 13.2. The van der Waals surface area contributed by atoms with Crippen molar-refractivity contribution < 1.29 is 22.7 Å². The summed E-state index contributed by atoms with van der Waals surface area (Å²) in [5.74, 6) is 3.57. The number of nitrogens with zero attached hydrogens (tertiary/aromatic N) is 4. The van der Waals surface area contributed by atoms with Crippen LogP contribution >= 0.6 is 11.6 Å². The van der Waals surface area contributed by atoms with Crippen LogP contribution in [0.1, 0.15) is 103 Å². The number of halogens is 1. The van der Waals surface area contributed by atoms with Crippen LogP contribution in [0.2, 0.25) is 5.02 Å². The van der Waals surface area contributed by atoms with E-state index >= 15 is 0 Å². The number of unbranched alkanes of at least 4 members (excludes halogenated alkanes) is 3. The monoisotopic (exact) mass is 699 g/mol. The minimum Gasteiger partial charge on any atom is -0.479 e. The number of carbonyl (C=O) groups excluding carboxylic acids is 1. The van der Waals surface area contributed by atoms with Gasteiger partial charge in [0.1, 0.15) is 17.4 Å². The van der Waals surface area contributed by atoms with Crippen molar-refractivity contribution >= 4 is 38.7 Å². The number of sulfone groups is 1. The molecule has 48 heavy (non-hydrogen) atoms. The Morgan fingerprint density at radius 3 is 2.29 bits per heavy atom. The van der Waals surface area contributed by atoms with Gasteiger partial charge in [0.2, 0.25) is 0 Å². The van der Waals surface area contributed by atoms with Gasteiger partial charge >= 0.3 is 5.97 Å². The zero-order valence-electron chi connectivity index (χ0n) is 28.5. The summed E-state index contributed by atoms with van der Waals surface area (Å²) in [6.07, 6.45) is 11.5. The van der Waals surface area contributed by atoms with E-state index in [1.165, 1.54) is 38.5 Å². The number of carbonyl (C=O) groups is 1. The van der Waals surface area contributed by atoms with Gasteiger partial charge in [-0.05, 0) is 107 Å². The number of ether oxygens (including phenoxy) is 2. The van der Waals surface area contributed by atoms with Gasteiger partial charge in [-0.3, -0.25) is 5.10 Å². The molecule has 10 nitrogen and oxygen atoms in total. The molecule has 5 aliphatic rings. The highest BCUT2D eigenvalue weighted by Gasteiger charge is 2.53. The SMILES string of the molecule is CCCCCCC(Oc1ccc(N2CCS(=O)(=O)CC2)cc1)C(=O)OCC(C)(C)c1nnc2c(Cl)c(C34CC5CC(CC(C5)C3)C4)[nH]n12. The van der Waals surface area contributed by atoms with E-state index in [1.807, 2.05) is 42.6 Å². The van der Waals surface area contributed by atoms with Crippen molar-refractivity contribution in [1.82, 2.24) is 19.8 Å². The molecular formula is C36H50ClN5O5S. The minimum atomic E-state index is -2.96. The van der Waals surface area contributed by atoms with Crippen molar-refractivity contribution in [2.45, 2.75) is 108 Å². The Labute approximate surface area is 289 Å². The number of hydrogen-bond donors (Lipinski definition) is 1. The number of rotatable bonds is 13. The molecule has 0 spiro atoms. The van der Waals surface area contributed by atoms with Crippen LogP contribution in [0.5, 0.6) is 5.75 Å². The second-order valence-corrected chi connectivity index (χ2v) is 18.4. The van der Waals surface area contributed by atoms with E-state index in [0.717, 1.165) is 54.8 Å². The fourth-order valence-corrected chi connectivity index (χ4v) is 10.8. The summed E-state index contributed by atoms with van der Waals surface area (Å²) in [4.78, 5) is 15.7. The van der Waals surface area contributed by atoms with Gasteiger partial charge in [-0.1, -0.05) is 37.8 Å². The normalized spacial score (nSPS) is 27.0. The fraction of sp³-hybridized carbons (Fsp3) is 0.694. The molecule has 1 aliphatic heterocycles. The van der Waals surface area contributed by atoms with E-state index in [2.05, 4.69) is 27.1 Å². The number of fused-ring (bicyclic) bond motifs is 1. The van der Waals surface area contributed by atoms with Crippen molar-refractivity contribution in [2.24, 2.45) is 17.8 Å². The second-order valence-electron chi connectivity index (χ2n) is 15.8. The Morgan fingerprint density at radius 1 is 1.02 bits per heavy atom. The van der Waals surface area contributed by atoms with Gasteiger partial charge in [0.05, 0.1) is 22.6 Å². The maximum absolute atomic E-state index is 13.6. The fourth-order valence-electron chi connectivity index (χ4n) is 9.27. The number of nitrogens with one attached hydrogen (secondary N) is 1. The van der Waals surface area contributed by atoms with Crippen molar-refractivity contribution in [3.63, 3.8) is 0 Å². The Morgan fingerprint density at radius 2 is 1.67 bits per heavy atom. The zero-order chi connectivity index (χ0) is 33.7. The molecule has 3 aromatic rings. The quantitative estimate of drug-likeness (QED) is 0.156. The van der Waals surface area contributed by atoms with Crippen LogP contribution in [0.3, 0.4) is 0 Å². The maximum atomic E-state index is 13.6. The van der Waals surface area contributed by atoms with E-state index < -0.39 is 27.3 Å². The third-order valence-corrected chi connectivity index (χ3v) is 13.4. The molecule has 262 valence electrons. The van der Waals surface area contributed by atoms with Crippen LogP contribution in [0.15, 0.2) is 24.3 Å². The van der Waals surface area contributed by atoms with E-state index in [-0.39, 0.29) is 23.5 Å². The molecule has 1 N–H and O–H groups in total. The molecule has 4 bridgehead atoms. The highest BCUT2D eigenvalue weighted by atomic mass is 35.5. The Balaban J connectivity index is 1.03. The predicted octanol–water partition coefficient (Wildman–Crippen LogP) is 6.65. The molecule has 12 heteroatoms. The highest BCUT2D eigenvalue weighted by Crippen LogP contribution is 2.61. The molecule has 1 atom stereocenters. The summed E-state index contributed by atoms with van der Waals surface area (Å²) in [6, 6.07) is 7.53. The van der Waals surface area contributed by atoms with Crippen molar-refractivity contribution in [3.05, 3.63) is 40.8 Å². The average molecular weight is 700 g/mol. The Hall–Kier alpha value is -2.79. The third-order valence-electron chi connectivity index (χ3n) is 11.5. The van der Waals surface area contributed by atoms with Gasteiger partial charge in [0.25, 0.3) is 0 Å². The van der Waals surface area contributed by atoms with Gasteiger partial charge < -0.3 is 14.4 Å². The van der Waals surface area contributed by atoms with E-state index in [9.17, 15) is 13.2 Å². The van der Waals surface area contributed by atoms with Gasteiger partial charge in [-0.15, -0.1) is 10.2 Å².